The molecule has 428 valence electrons. The van der Waals surface area contributed by atoms with E-state index in [-0.39, 0.29) is 114 Å². The second-order valence-corrected chi connectivity index (χ2v) is 25.4. The highest BCUT2D eigenvalue weighted by atomic mass is 16.2. The van der Waals surface area contributed by atoms with E-state index in [0.717, 1.165) is 19.6 Å². The monoisotopic (exact) mass is 1160 g/mol. The molecule has 0 spiro atoms. The van der Waals surface area contributed by atoms with Gasteiger partial charge < -0.3 is 0 Å². The number of amides is 12. The zero-order chi connectivity index (χ0) is 59.5. The van der Waals surface area contributed by atoms with Crippen molar-refractivity contribution in [3.63, 3.8) is 0 Å². The van der Waals surface area contributed by atoms with E-state index >= 15 is 57.5 Å². The van der Waals surface area contributed by atoms with Gasteiger partial charge in [0.1, 0.15) is 0 Å². The second-order valence-electron chi connectivity index (χ2n) is 25.4. The lowest BCUT2D eigenvalue weighted by Gasteiger charge is -2.46. The number of imide groups is 6. The molecular weight excluding hydrogens is 1120 g/mol. The van der Waals surface area contributed by atoms with Gasteiger partial charge in [-0.15, -0.1) is 0 Å². The highest BCUT2D eigenvalue weighted by Gasteiger charge is 2.54. The van der Waals surface area contributed by atoms with Crippen molar-refractivity contribution in [1.29, 1.82) is 0 Å². The largest absolute Gasteiger partial charge is 0.269 e. The molecule has 6 atom stereocenters. The normalized spacial score (nSPS) is 24.6. The standard InChI is InChI=1S/C70H46N6O12/c77-59-33-17-13-29-31-15-19-35-54-36-20-16-32(52(31)54)30-14-18-34(53(33)51(29)30)60(78)71(59)45-7-1-3-9-47(45)73-63(81)37-21-25-41-57-42(26-22-38(55(37)57)64(73)82)68(86)75(67(41)85)49-11-5-6-12-50(49)76-69(87)43-27-23-39-56-40(24-28-44(58(43)56)70(76)88)66(84)74(65(39)83)48-10-4-2-8-46(48)72(61(35)79)62(36)80/h13-28,45-50H,1-12H2/t45-,46-,47-,48?,49?,50-/m1/s1. The summed E-state index contributed by atoms with van der Waals surface area (Å²) in [4.78, 5) is 190. The molecule has 3 fully saturated rings. The van der Waals surface area contributed by atoms with Gasteiger partial charge in [0, 0.05) is 99.1 Å². The molecule has 9 aromatic carbocycles. The molecule has 18 heteroatoms. The molecule has 0 N–H and O–H groups in total. The first-order chi connectivity index (χ1) is 42.7. The summed E-state index contributed by atoms with van der Waals surface area (Å²) in [5.74, 6) is -8.12. The topological polar surface area (TPSA) is 224 Å². The predicted molar refractivity (Wildman–Crippen MR) is 317 cm³/mol. The average Bonchev–Trinajstić information content (AvgIpc) is 1.17. The molecule has 46 rings (SSSR count). The van der Waals surface area contributed by atoms with Crippen molar-refractivity contribution in [1.82, 2.24) is 29.4 Å². The van der Waals surface area contributed by atoms with Crippen molar-refractivity contribution in [3.8, 4) is 0 Å². The maximum Gasteiger partial charge on any atom is 0.261 e. The Morgan fingerprint density at radius 2 is 0.307 bits per heavy atom. The molecule has 18 nitrogen and oxygen atoms in total. The fourth-order valence-corrected chi connectivity index (χ4v) is 18.0. The fourth-order valence-electron chi connectivity index (χ4n) is 18.0. The van der Waals surface area contributed by atoms with Gasteiger partial charge >= 0.3 is 0 Å². The summed E-state index contributed by atoms with van der Waals surface area (Å²) in [6, 6.07) is 20.0. The van der Waals surface area contributed by atoms with Gasteiger partial charge in [0.15, 0.2) is 0 Å². The summed E-state index contributed by atoms with van der Waals surface area (Å²) in [6.07, 6.45) is 5.02. The van der Waals surface area contributed by atoms with Gasteiger partial charge in [-0.05, 0) is 144 Å². The lowest BCUT2D eigenvalue weighted by molar-refractivity contribution is 0.0236. The number of carbonyl (C=O) groups is 12. The summed E-state index contributed by atoms with van der Waals surface area (Å²) in [5, 5.41) is 5.36. The van der Waals surface area contributed by atoms with E-state index in [4.69, 9.17) is 0 Å². The first-order valence-electron chi connectivity index (χ1n) is 30.4. The van der Waals surface area contributed by atoms with Crippen LogP contribution in [0.4, 0.5) is 0 Å². The van der Waals surface area contributed by atoms with Crippen LogP contribution in [-0.4, -0.2) is 137 Å². The maximum absolute atomic E-state index is 15.4. The number of rotatable bonds is 0. The maximum atomic E-state index is 15.4. The predicted octanol–water partition coefficient (Wildman–Crippen LogP) is 9.97. The first kappa shape index (κ1) is 49.9. The van der Waals surface area contributed by atoms with Crippen LogP contribution in [0.1, 0.15) is 201 Å². The Kier molecular flexibility index (Phi) is 9.51. The minimum atomic E-state index is -1.02. The third-order valence-electron chi connectivity index (χ3n) is 21.7. The highest BCUT2D eigenvalue weighted by Crippen LogP contribution is 2.50. The number of hydrogen-bond donors (Lipinski definition) is 0. The SMILES string of the molecule is O=C1c2ccc3c4c5ccc(c24)C(=O)N1C1CCCC[C@H]1N1C(=O)c2ccc4c6c(ccc(c26)C1=O)C(=O)N(C4=O)C1CCCC[C@H]1N1C(=O)c2ccc4c6ccc7c8c(ccc(c9ccc(c2c49)C1=O)c86)C(=O)N(C7=O)[C@@H]1CCCC[C@H]1N(C3=O)C5=O. The van der Waals surface area contributed by atoms with Crippen LogP contribution in [0.15, 0.2) is 97.1 Å². The molecule has 88 heavy (non-hydrogen) atoms. The van der Waals surface area contributed by atoms with E-state index in [1.54, 1.807) is 24.3 Å². The van der Waals surface area contributed by atoms with Crippen LogP contribution in [0.25, 0.3) is 64.6 Å². The van der Waals surface area contributed by atoms with E-state index < -0.39 is 107 Å². The van der Waals surface area contributed by atoms with E-state index in [0.29, 0.717) is 94.5 Å². The Balaban J connectivity index is 0.808. The van der Waals surface area contributed by atoms with Crippen molar-refractivity contribution >= 4 is 136 Å². The van der Waals surface area contributed by atoms with E-state index in [2.05, 4.69) is 0 Å². The molecule has 34 heterocycles. The summed E-state index contributed by atoms with van der Waals surface area (Å²) >= 11 is 0. The van der Waals surface area contributed by atoms with Gasteiger partial charge in [-0.3, -0.25) is 86.9 Å². The summed E-state index contributed by atoms with van der Waals surface area (Å²) in [6.45, 7) is 0. The van der Waals surface area contributed by atoms with Crippen molar-refractivity contribution in [2.75, 3.05) is 0 Å². The Labute approximate surface area is 497 Å². The summed E-state index contributed by atoms with van der Waals surface area (Å²) in [7, 11) is 0. The van der Waals surface area contributed by atoms with Gasteiger partial charge in [0.25, 0.3) is 70.9 Å². The molecule has 0 saturated heterocycles. The van der Waals surface area contributed by atoms with Gasteiger partial charge in [0.05, 0.1) is 36.3 Å². The summed E-state index contributed by atoms with van der Waals surface area (Å²) in [5.41, 5.74) is 1.44. The molecule has 0 aromatic heterocycles. The number of carbonyl (C=O) groups excluding carboxylic acids is 12. The zero-order valence-electron chi connectivity index (χ0n) is 46.8. The Morgan fingerprint density at radius 3 is 0.455 bits per heavy atom. The van der Waals surface area contributed by atoms with Crippen molar-refractivity contribution in [2.45, 2.75) is 113 Å². The van der Waals surface area contributed by atoms with Gasteiger partial charge in [-0.1, -0.05) is 62.8 Å². The van der Waals surface area contributed by atoms with E-state index in [1.807, 2.05) is 24.3 Å². The van der Waals surface area contributed by atoms with Crippen molar-refractivity contribution in [3.05, 3.63) is 164 Å². The molecule has 12 amide bonds. The Morgan fingerprint density at radius 1 is 0.182 bits per heavy atom. The van der Waals surface area contributed by atoms with Crippen LogP contribution >= 0.6 is 0 Å². The molecule has 9 aromatic rings. The molecule has 37 aliphatic rings. The molecule has 30 bridgehead atoms. The minimum Gasteiger partial charge on any atom is -0.269 e. The second kappa shape index (κ2) is 16.8. The Bertz CT molecular complexity index is 4560. The third-order valence-corrected chi connectivity index (χ3v) is 21.7. The molecule has 34 aliphatic heterocycles. The van der Waals surface area contributed by atoms with E-state index in [9.17, 15) is 0 Å². The van der Waals surface area contributed by atoms with E-state index in [1.165, 1.54) is 58.3 Å². The molecular formula is C70H46N6O12. The molecule has 3 saturated carbocycles. The minimum absolute atomic E-state index is 0.0474. The lowest BCUT2D eigenvalue weighted by atomic mass is 9.79. The van der Waals surface area contributed by atoms with Crippen LogP contribution in [0.2, 0.25) is 0 Å². The quantitative estimate of drug-likeness (QED) is 0.0786. The van der Waals surface area contributed by atoms with Crippen molar-refractivity contribution < 1.29 is 57.5 Å². The first-order valence-corrected chi connectivity index (χ1v) is 30.4. The van der Waals surface area contributed by atoms with Crippen LogP contribution < -0.4 is 0 Å². The number of benzene rings is 9. The van der Waals surface area contributed by atoms with Crippen LogP contribution in [-0.2, 0) is 0 Å². The van der Waals surface area contributed by atoms with Crippen LogP contribution in [0, 0.1) is 0 Å². The van der Waals surface area contributed by atoms with Crippen LogP contribution in [0.3, 0.4) is 0 Å². The van der Waals surface area contributed by atoms with Gasteiger partial charge in [0.2, 0.25) is 0 Å². The van der Waals surface area contributed by atoms with Gasteiger partial charge in [-0.25, -0.2) is 0 Å². The molecule has 3 aliphatic carbocycles. The highest BCUT2D eigenvalue weighted by molar-refractivity contribution is 6.42. The van der Waals surface area contributed by atoms with Gasteiger partial charge in [-0.2, -0.15) is 0 Å². The van der Waals surface area contributed by atoms with Crippen molar-refractivity contribution in [2.24, 2.45) is 0 Å². The lowest BCUT2D eigenvalue weighted by Crippen LogP contribution is -2.61. The molecule has 0 radical (unpaired) electrons. The number of hydrogen-bond acceptors (Lipinski definition) is 12. The number of nitrogens with zero attached hydrogens (tertiary/aromatic N) is 6. The fraction of sp³-hybridized carbons (Fsp3) is 0.257. The summed E-state index contributed by atoms with van der Waals surface area (Å²) < 4.78 is 0. The zero-order valence-corrected chi connectivity index (χ0v) is 46.8. The van der Waals surface area contributed by atoms with Crippen LogP contribution in [0.5, 0.6) is 0 Å². The Hall–Kier alpha value is -10.4. The smallest absolute Gasteiger partial charge is 0.261 e. The molecule has 2 unspecified atom stereocenters. The third kappa shape index (κ3) is 5.75. The average molecular weight is 1160 g/mol.